The molecular formula is C22H22N6O8. The number of aliphatic carboxylic acids is 1. The number of amides is 4. The highest BCUT2D eigenvalue weighted by atomic mass is 16.4. The zero-order valence-corrected chi connectivity index (χ0v) is 18.7. The van der Waals surface area contributed by atoms with E-state index < -0.39 is 61.3 Å². The molecule has 14 heteroatoms. The Morgan fingerprint density at radius 3 is 2.50 bits per heavy atom. The van der Waals surface area contributed by atoms with Crippen molar-refractivity contribution in [3.63, 3.8) is 0 Å². The summed E-state index contributed by atoms with van der Waals surface area (Å²) in [4.78, 5) is 83.3. The van der Waals surface area contributed by atoms with Gasteiger partial charge < -0.3 is 30.5 Å². The van der Waals surface area contributed by atoms with Gasteiger partial charge in [0.1, 0.15) is 31.2 Å². The maximum absolute atomic E-state index is 13.5. The molecule has 0 radical (unpaired) electrons. The number of aliphatic hydroxyl groups excluding tert-OH is 1. The van der Waals surface area contributed by atoms with Crippen molar-refractivity contribution < 1.29 is 39.0 Å². The van der Waals surface area contributed by atoms with E-state index in [-0.39, 0.29) is 29.9 Å². The average Bonchev–Trinajstić information content (AvgIpc) is 2.98. The van der Waals surface area contributed by atoms with Crippen molar-refractivity contribution in [2.24, 2.45) is 0 Å². The molecule has 1 aliphatic rings. The summed E-state index contributed by atoms with van der Waals surface area (Å²) >= 11 is 0. The normalized spacial score (nSPS) is 15.8. The van der Waals surface area contributed by atoms with Crippen LogP contribution in [-0.2, 0) is 24.0 Å². The molecule has 0 saturated carbocycles. The predicted octanol–water partition coefficient (Wildman–Crippen LogP) is -1.89. The van der Waals surface area contributed by atoms with E-state index in [0.717, 1.165) is 9.80 Å². The van der Waals surface area contributed by atoms with E-state index in [9.17, 15) is 33.9 Å². The Balaban J connectivity index is 1.96. The summed E-state index contributed by atoms with van der Waals surface area (Å²) in [6.07, 6.45) is 3.40. The summed E-state index contributed by atoms with van der Waals surface area (Å²) in [5.74, 6) is -4.46. The SMILES string of the molecule is O=C[C@H](CC(=O)O)NC(=O)CN1C(=O)[C@@H](NC(=O)c2cnccn2)CN(C(=O)CO)c2ccccc21. The minimum absolute atomic E-state index is 0.0983. The molecule has 0 aliphatic carbocycles. The topological polar surface area (TPSA) is 199 Å². The molecule has 1 aliphatic heterocycles. The second-order valence-corrected chi connectivity index (χ2v) is 7.60. The third-order valence-corrected chi connectivity index (χ3v) is 5.14. The molecule has 2 atom stereocenters. The summed E-state index contributed by atoms with van der Waals surface area (Å²) in [6, 6.07) is 3.39. The molecule has 2 aromatic rings. The molecule has 3 rings (SSSR count). The number of nitrogens with zero attached hydrogens (tertiary/aromatic N) is 4. The quantitative estimate of drug-likeness (QED) is 0.283. The van der Waals surface area contributed by atoms with Gasteiger partial charge in [0, 0.05) is 12.4 Å². The van der Waals surface area contributed by atoms with Gasteiger partial charge in [0.25, 0.3) is 17.7 Å². The van der Waals surface area contributed by atoms with Gasteiger partial charge in [-0.15, -0.1) is 0 Å². The van der Waals surface area contributed by atoms with E-state index in [4.69, 9.17) is 5.11 Å². The minimum Gasteiger partial charge on any atom is -0.481 e. The molecule has 0 spiro atoms. The molecule has 1 aromatic carbocycles. The molecule has 188 valence electrons. The lowest BCUT2D eigenvalue weighted by Crippen LogP contribution is -2.55. The van der Waals surface area contributed by atoms with Gasteiger partial charge in [-0.1, -0.05) is 12.1 Å². The maximum atomic E-state index is 13.5. The van der Waals surface area contributed by atoms with Crippen molar-refractivity contribution in [3.05, 3.63) is 48.5 Å². The average molecular weight is 498 g/mol. The lowest BCUT2D eigenvalue weighted by atomic mass is 10.2. The largest absolute Gasteiger partial charge is 0.481 e. The Labute approximate surface area is 203 Å². The first-order chi connectivity index (χ1) is 17.2. The molecule has 0 bridgehead atoms. The summed E-state index contributed by atoms with van der Waals surface area (Å²) in [5, 5.41) is 23.1. The molecule has 2 heterocycles. The third kappa shape index (κ3) is 6.04. The Hall–Kier alpha value is -4.72. The third-order valence-electron chi connectivity index (χ3n) is 5.14. The van der Waals surface area contributed by atoms with Crippen LogP contribution in [0.25, 0.3) is 0 Å². The number of aldehydes is 1. The van der Waals surface area contributed by atoms with Crippen LogP contribution >= 0.6 is 0 Å². The highest BCUT2D eigenvalue weighted by Gasteiger charge is 2.37. The molecule has 4 N–H and O–H groups in total. The summed E-state index contributed by atoms with van der Waals surface area (Å²) < 4.78 is 0. The summed E-state index contributed by atoms with van der Waals surface area (Å²) in [7, 11) is 0. The van der Waals surface area contributed by atoms with Gasteiger partial charge in [-0.05, 0) is 12.1 Å². The van der Waals surface area contributed by atoms with Crippen molar-refractivity contribution in [2.45, 2.75) is 18.5 Å². The summed E-state index contributed by atoms with van der Waals surface area (Å²) in [5.41, 5.74) is 0.210. The number of nitrogens with one attached hydrogen (secondary N) is 2. The minimum atomic E-state index is -1.36. The fraction of sp³-hybridized carbons (Fsp3) is 0.273. The number of fused-ring (bicyclic) bond motifs is 1. The Morgan fingerprint density at radius 1 is 1.17 bits per heavy atom. The van der Waals surface area contributed by atoms with Gasteiger partial charge >= 0.3 is 5.97 Å². The number of rotatable bonds is 9. The van der Waals surface area contributed by atoms with Crippen molar-refractivity contribution in [3.8, 4) is 0 Å². The number of anilines is 2. The monoisotopic (exact) mass is 498 g/mol. The molecule has 36 heavy (non-hydrogen) atoms. The van der Waals surface area contributed by atoms with Crippen LogP contribution in [0.1, 0.15) is 16.9 Å². The number of carboxylic acids is 1. The highest BCUT2D eigenvalue weighted by molar-refractivity contribution is 6.11. The first kappa shape index (κ1) is 25.9. The second kappa shape index (κ2) is 11.6. The van der Waals surface area contributed by atoms with Gasteiger partial charge in [0.05, 0.1) is 36.6 Å². The fourth-order valence-corrected chi connectivity index (χ4v) is 3.54. The van der Waals surface area contributed by atoms with E-state index in [1.54, 1.807) is 12.1 Å². The molecule has 4 amide bonds. The Morgan fingerprint density at radius 2 is 1.89 bits per heavy atom. The smallest absolute Gasteiger partial charge is 0.305 e. The molecule has 1 aromatic heterocycles. The highest BCUT2D eigenvalue weighted by Crippen LogP contribution is 2.32. The van der Waals surface area contributed by atoms with Crippen molar-refractivity contribution in [2.75, 3.05) is 29.5 Å². The lowest BCUT2D eigenvalue weighted by Gasteiger charge is -2.25. The zero-order chi connectivity index (χ0) is 26.2. The van der Waals surface area contributed by atoms with E-state index in [2.05, 4.69) is 20.6 Å². The van der Waals surface area contributed by atoms with Crippen LogP contribution in [0.5, 0.6) is 0 Å². The van der Waals surface area contributed by atoms with Gasteiger partial charge in [-0.2, -0.15) is 0 Å². The number of aliphatic hydroxyl groups is 1. The van der Waals surface area contributed by atoms with Gasteiger partial charge in [0.2, 0.25) is 5.91 Å². The van der Waals surface area contributed by atoms with Crippen molar-refractivity contribution >= 4 is 47.3 Å². The molecule has 0 fully saturated rings. The van der Waals surface area contributed by atoms with Gasteiger partial charge in [0.15, 0.2) is 0 Å². The molecular weight excluding hydrogens is 476 g/mol. The van der Waals surface area contributed by atoms with Gasteiger partial charge in [-0.3, -0.25) is 33.9 Å². The van der Waals surface area contributed by atoms with E-state index in [1.807, 2.05) is 0 Å². The van der Waals surface area contributed by atoms with Crippen LogP contribution in [-0.4, -0.2) is 87.8 Å². The number of para-hydroxylation sites is 2. The maximum Gasteiger partial charge on any atom is 0.305 e. The number of benzene rings is 1. The van der Waals surface area contributed by atoms with Gasteiger partial charge in [-0.25, -0.2) is 4.98 Å². The van der Waals surface area contributed by atoms with Crippen LogP contribution in [0.3, 0.4) is 0 Å². The number of carbonyl (C=O) groups excluding carboxylic acids is 5. The van der Waals surface area contributed by atoms with E-state index in [1.165, 1.54) is 30.7 Å². The van der Waals surface area contributed by atoms with Crippen LogP contribution in [0.15, 0.2) is 42.9 Å². The van der Waals surface area contributed by atoms with E-state index in [0.29, 0.717) is 0 Å². The first-order valence-electron chi connectivity index (χ1n) is 10.6. The molecule has 0 unspecified atom stereocenters. The van der Waals surface area contributed by atoms with E-state index >= 15 is 0 Å². The van der Waals surface area contributed by atoms with Crippen molar-refractivity contribution in [1.82, 2.24) is 20.6 Å². The number of hydrogen-bond donors (Lipinski definition) is 4. The second-order valence-electron chi connectivity index (χ2n) is 7.60. The number of aromatic nitrogens is 2. The summed E-state index contributed by atoms with van der Waals surface area (Å²) in [6.45, 7) is -1.90. The Kier molecular flexibility index (Phi) is 8.35. The van der Waals surface area contributed by atoms with Crippen LogP contribution in [0, 0.1) is 0 Å². The number of carbonyl (C=O) groups is 6. The fourth-order valence-electron chi connectivity index (χ4n) is 3.54. The zero-order valence-electron chi connectivity index (χ0n) is 18.7. The number of carboxylic acid groups (broad SMARTS) is 1. The predicted molar refractivity (Wildman–Crippen MR) is 122 cm³/mol. The lowest BCUT2D eigenvalue weighted by molar-refractivity contribution is -0.139. The number of hydrogen-bond acceptors (Lipinski definition) is 9. The van der Waals surface area contributed by atoms with Crippen LogP contribution < -0.4 is 20.4 Å². The van der Waals surface area contributed by atoms with Crippen LogP contribution in [0.2, 0.25) is 0 Å². The van der Waals surface area contributed by atoms with Crippen molar-refractivity contribution in [1.29, 1.82) is 0 Å². The van der Waals surface area contributed by atoms with Crippen LogP contribution in [0.4, 0.5) is 11.4 Å². The first-order valence-corrected chi connectivity index (χ1v) is 10.6. The Bertz CT molecular complexity index is 1170. The molecule has 14 nitrogen and oxygen atoms in total. The molecule has 0 saturated heterocycles. The standard InChI is InChI=1S/C22H22N6O8/c29-11-13(7-20(33)34)25-18(31)10-28-17-4-2-1-3-16(17)27(19(32)12-30)9-15(22(28)36)26-21(35)14-8-23-5-6-24-14/h1-6,8,11,13,15,30H,7,9-10,12H2,(H,25,31)(H,26,35)(H,33,34)/t13-,15-/m0/s1.